The molecule has 3 atom stereocenters. The van der Waals surface area contributed by atoms with E-state index in [1.54, 1.807) is 0 Å². The van der Waals surface area contributed by atoms with Gasteiger partial charge in [0, 0.05) is 13.3 Å². The van der Waals surface area contributed by atoms with Crippen molar-refractivity contribution >= 4 is 17.9 Å². The van der Waals surface area contributed by atoms with Gasteiger partial charge in [0.1, 0.15) is 5.60 Å². The molecule has 16 heteroatoms. The van der Waals surface area contributed by atoms with Crippen LogP contribution in [-0.4, -0.2) is 60.9 Å². The van der Waals surface area contributed by atoms with Crippen molar-refractivity contribution in [3.8, 4) is 0 Å². The molecule has 0 saturated carbocycles. The average Bonchev–Trinajstić information content (AvgIpc) is 2.65. The summed E-state index contributed by atoms with van der Waals surface area (Å²) in [7, 11) is 0. The summed E-state index contributed by atoms with van der Waals surface area (Å²) in [6, 6.07) is 0. The van der Waals surface area contributed by atoms with E-state index in [0.717, 1.165) is 13.8 Å². The standard InChI is InChI=1S/C18H22F10O6/c1-5-14(4,34-10(3)29)6-11(13(31)33-8-16(21,22)18(26,27)28)9(2)12(30)32-7-15(19,20)17(23,24)25/h9,11H,5-8H2,1-4H3. The smallest absolute Gasteiger partial charge is 0.456 e. The van der Waals surface area contributed by atoms with E-state index in [2.05, 4.69) is 9.47 Å². The second-order valence-corrected chi connectivity index (χ2v) is 7.62. The van der Waals surface area contributed by atoms with Gasteiger partial charge in [-0.15, -0.1) is 0 Å². The SMILES string of the molecule is CCC(C)(CC(C(=O)OCC(F)(F)C(F)(F)F)C(C)C(=O)OCC(F)(F)C(F)(F)F)OC(C)=O. The lowest BCUT2D eigenvalue weighted by atomic mass is 9.82. The molecule has 0 fully saturated rings. The van der Waals surface area contributed by atoms with E-state index < -0.39 is 79.2 Å². The number of ether oxygens (including phenoxy) is 3. The van der Waals surface area contributed by atoms with Gasteiger partial charge in [0.15, 0.2) is 13.2 Å². The summed E-state index contributed by atoms with van der Waals surface area (Å²) < 4.78 is 139. The normalized spacial score (nSPS) is 16.8. The third-order valence-electron chi connectivity index (χ3n) is 4.69. The zero-order valence-electron chi connectivity index (χ0n) is 18.2. The van der Waals surface area contributed by atoms with Crippen LogP contribution in [0.2, 0.25) is 0 Å². The van der Waals surface area contributed by atoms with E-state index in [4.69, 9.17) is 4.74 Å². The molecule has 0 rings (SSSR count). The van der Waals surface area contributed by atoms with Gasteiger partial charge in [-0.3, -0.25) is 14.4 Å². The molecule has 0 aliphatic carbocycles. The molecule has 0 aliphatic rings. The Balaban J connectivity index is 5.81. The summed E-state index contributed by atoms with van der Waals surface area (Å²) in [5.41, 5.74) is -1.63. The number of carbonyl (C=O) groups excluding carboxylic acids is 3. The Morgan fingerprint density at radius 3 is 1.47 bits per heavy atom. The maximum Gasteiger partial charge on any atom is 0.456 e. The number of esters is 3. The van der Waals surface area contributed by atoms with Gasteiger partial charge in [-0.2, -0.15) is 43.9 Å². The van der Waals surface area contributed by atoms with Gasteiger partial charge in [-0.1, -0.05) is 13.8 Å². The molecule has 0 spiro atoms. The van der Waals surface area contributed by atoms with Crippen molar-refractivity contribution in [1.29, 1.82) is 0 Å². The van der Waals surface area contributed by atoms with Gasteiger partial charge in [0.25, 0.3) is 0 Å². The first-order chi connectivity index (χ1) is 15.0. The Bertz CT molecular complexity index is 734. The molecule has 3 unspecified atom stereocenters. The largest absolute Gasteiger partial charge is 0.460 e. The Kier molecular flexibility index (Phi) is 10.2. The van der Waals surface area contributed by atoms with Crippen LogP contribution in [0.1, 0.15) is 40.5 Å². The fourth-order valence-corrected chi connectivity index (χ4v) is 2.42. The summed E-state index contributed by atoms with van der Waals surface area (Å²) >= 11 is 0. The molecule has 34 heavy (non-hydrogen) atoms. The summed E-state index contributed by atoms with van der Waals surface area (Å²) in [5.74, 6) is -19.6. The summed E-state index contributed by atoms with van der Waals surface area (Å²) in [6.07, 6.45) is -13.0. The molecule has 0 bridgehead atoms. The van der Waals surface area contributed by atoms with Crippen LogP contribution in [0.25, 0.3) is 0 Å². The second-order valence-electron chi connectivity index (χ2n) is 7.62. The summed E-state index contributed by atoms with van der Waals surface area (Å²) in [6.45, 7) is -0.711. The molecule has 0 heterocycles. The number of halogens is 10. The fraction of sp³-hybridized carbons (Fsp3) is 0.833. The van der Waals surface area contributed by atoms with Gasteiger partial charge in [0.05, 0.1) is 11.8 Å². The molecule has 0 aliphatic heterocycles. The first-order valence-electron chi connectivity index (χ1n) is 9.41. The van der Waals surface area contributed by atoms with Gasteiger partial charge < -0.3 is 14.2 Å². The van der Waals surface area contributed by atoms with Crippen LogP contribution in [0.3, 0.4) is 0 Å². The zero-order chi connectivity index (χ0) is 27.3. The molecule has 0 amide bonds. The predicted molar refractivity (Wildman–Crippen MR) is 91.7 cm³/mol. The lowest BCUT2D eigenvalue weighted by Gasteiger charge is -2.33. The lowest BCUT2D eigenvalue weighted by Crippen LogP contribution is -2.45. The van der Waals surface area contributed by atoms with E-state index >= 15 is 0 Å². The molecule has 0 aromatic carbocycles. The fourth-order valence-electron chi connectivity index (χ4n) is 2.42. The topological polar surface area (TPSA) is 78.9 Å². The van der Waals surface area contributed by atoms with Crippen LogP contribution >= 0.6 is 0 Å². The van der Waals surface area contributed by atoms with Crippen molar-refractivity contribution in [2.45, 2.75) is 70.3 Å². The molecule has 200 valence electrons. The molecular weight excluding hydrogens is 502 g/mol. The summed E-state index contributed by atoms with van der Waals surface area (Å²) in [4.78, 5) is 35.7. The highest BCUT2D eigenvalue weighted by molar-refractivity contribution is 5.82. The van der Waals surface area contributed by atoms with E-state index in [1.807, 2.05) is 0 Å². The highest BCUT2D eigenvalue weighted by atomic mass is 19.4. The van der Waals surface area contributed by atoms with Gasteiger partial charge in [0.2, 0.25) is 0 Å². The summed E-state index contributed by atoms with van der Waals surface area (Å²) in [5, 5.41) is 0. The Labute approximate surface area is 186 Å². The first kappa shape index (κ1) is 31.7. The third kappa shape index (κ3) is 8.81. The van der Waals surface area contributed by atoms with Crippen molar-refractivity contribution in [1.82, 2.24) is 0 Å². The Hall–Kier alpha value is -2.29. The van der Waals surface area contributed by atoms with Gasteiger partial charge >= 0.3 is 42.1 Å². The zero-order valence-corrected chi connectivity index (χ0v) is 18.2. The number of carbonyl (C=O) groups is 3. The second kappa shape index (κ2) is 11.0. The van der Waals surface area contributed by atoms with Gasteiger partial charge in [-0.05, 0) is 13.3 Å². The van der Waals surface area contributed by atoms with Crippen LogP contribution in [-0.2, 0) is 28.6 Å². The molecule has 6 nitrogen and oxygen atoms in total. The van der Waals surface area contributed by atoms with Crippen molar-refractivity contribution < 1.29 is 72.5 Å². The minimum Gasteiger partial charge on any atom is -0.460 e. The maximum absolute atomic E-state index is 13.1. The molecule has 0 aromatic heterocycles. The van der Waals surface area contributed by atoms with E-state index in [1.165, 1.54) is 13.8 Å². The highest BCUT2D eigenvalue weighted by Crippen LogP contribution is 2.38. The number of alkyl halides is 10. The Morgan fingerprint density at radius 2 is 1.15 bits per heavy atom. The average molecular weight is 524 g/mol. The number of hydrogen-bond acceptors (Lipinski definition) is 6. The van der Waals surface area contributed by atoms with Crippen molar-refractivity contribution in [2.75, 3.05) is 13.2 Å². The molecule has 0 aromatic rings. The minimum absolute atomic E-state index is 0.0943. The molecule has 0 N–H and O–H groups in total. The number of hydrogen-bond donors (Lipinski definition) is 0. The highest BCUT2D eigenvalue weighted by Gasteiger charge is 2.59. The monoisotopic (exact) mass is 524 g/mol. The number of rotatable bonds is 11. The minimum atomic E-state index is -6.10. The third-order valence-corrected chi connectivity index (χ3v) is 4.69. The van der Waals surface area contributed by atoms with Gasteiger partial charge in [-0.25, -0.2) is 0 Å². The maximum atomic E-state index is 13.1. The van der Waals surface area contributed by atoms with Crippen molar-refractivity contribution in [3.63, 3.8) is 0 Å². The van der Waals surface area contributed by atoms with E-state index in [0.29, 0.717) is 0 Å². The van der Waals surface area contributed by atoms with Crippen molar-refractivity contribution in [3.05, 3.63) is 0 Å². The predicted octanol–water partition coefficient (Wildman–Crippen LogP) is 4.84. The first-order valence-corrected chi connectivity index (χ1v) is 9.41. The van der Waals surface area contributed by atoms with Crippen LogP contribution in [0.4, 0.5) is 43.9 Å². The molecule has 0 saturated heterocycles. The van der Waals surface area contributed by atoms with Crippen LogP contribution in [0.15, 0.2) is 0 Å². The molecule has 0 radical (unpaired) electrons. The van der Waals surface area contributed by atoms with Crippen molar-refractivity contribution in [2.24, 2.45) is 11.8 Å². The van der Waals surface area contributed by atoms with Crippen LogP contribution in [0.5, 0.6) is 0 Å². The quantitative estimate of drug-likeness (QED) is 0.219. The lowest BCUT2D eigenvalue weighted by molar-refractivity contribution is -0.295. The Morgan fingerprint density at radius 1 is 0.765 bits per heavy atom. The van der Waals surface area contributed by atoms with E-state index in [-0.39, 0.29) is 6.42 Å². The molecular formula is C18H22F10O6. The van der Waals surface area contributed by atoms with Crippen LogP contribution in [0, 0.1) is 11.8 Å². The van der Waals surface area contributed by atoms with E-state index in [9.17, 15) is 58.3 Å². The van der Waals surface area contributed by atoms with Crippen LogP contribution < -0.4 is 0 Å².